The zero-order chi connectivity index (χ0) is 12.1. The average molecular weight is 231 g/mol. The first-order valence-corrected chi connectivity index (χ1v) is 6.64. The van der Waals surface area contributed by atoms with Crippen LogP contribution in [0.5, 0.6) is 0 Å². The fourth-order valence-corrected chi connectivity index (χ4v) is 2.53. The van der Waals surface area contributed by atoms with Gasteiger partial charge in [-0.15, -0.1) is 0 Å². The molecule has 1 aromatic rings. The standard InChI is InChI=1S/C15H21NO/c1-2-3-9-14-10-11-15(17)16(14)12-13-7-5-4-6-8-13/h4-8,14H,2-3,9-12H2,1H3. The largest absolute Gasteiger partial charge is 0.335 e. The van der Waals surface area contributed by atoms with Gasteiger partial charge in [-0.05, 0) is 18.4 Å². The van der Waals surface area contributed by atoms with E-state index in [2.05, 4.69) is 24.0 Å². The fourth-order valence-electron chi connectivity index (χ4n) is 2.53. The molecule has 0 aromatic heterocycles. The van der Waals surface area contributed by atoms with Gasteiger partial charge in [-0.25, -0.2) is 0 Å². The van der Waals surface area contributed by atoms with Crippen LogP contribution in [0.3, 0.4) is 0 Å². The minimum Gasteiger partial charge on any atom is -0.335 e. The predicted octanol–water partition coefficient (Wildman–Crippen LogP) is 3.37. The predicted molar refractivity (Wildman–Crippen MR) is 69.5 cm³/mol. The molecule has 1 aliphatic heterocycles. The number of rotatable bonds is 5. The second kappa shape index (κ2) is 5.85. The molecule has 0 aliphatic carbocycles. The van der Waals surface area contributed by atoms with Gasteiger partial charge in [0.25, 0.3) is 0 Å². The first-order valence-electron chi connectivity index (χ1n) is 6.64. The second-order valence-corrected chi connectivity index (χ2v) is 4.84. The Hall–Kier alpha value is -1.31. The van der Waals surface area contributed by atoms with Crippen molar-refractivity contribution in [1.29, 1.82) is 0 Å². The zero-order valence-corrected chi connectivity index (χ0v) is 10.6. The summed E-state index contributed by atoms with van der Waals surface area (Å²) in [5, 5.41) is 0. The lowest BCUT2D eigenvalue weighted by molar-refractivity contribution is -0.129. The Morgan fingerprint density at radius 1 is 1.29 bits per heavy atom. The van der Waals surface area contributed by atoms with E-state index >= 15 is 0 Å². The number of amides is 1. The molecule has 1 atom stereocenters. The summed E-state index contributed by atoms with van der Waals surface area (Å²) in [5.74, 6) is 0.329. The molecule has 1 saturated heterocycles. The summed E-state index contributed by atoms with van der Waals surface area (Å²) in [5.41, 5.74) is 1.24. The summed E-state index contributed by atoms with van der Waals surface area (Å²) in [4.78, 5) is 14.0. The van der Waals surface area contributed by atoms with Crippen LogP contribution in [0.15, 0.2) is 30.3 Å². The Morgan fingerprint density at radius 3 is 2.76 bits per heavy atom. The van der Waals surface area contributed by atoms with Crippen LogP contribution in [0, 0.1) is 0 Å². The number of nitrogens with zero attached hydrogens (tertiary/aromatic N) is 1. The molecule has 0 saturated carbocycles. The Balaban J connectivity index is 1.99. The highest BCUT2D eigenvalue weighted by molar-refractivity contribution is 5.78. The van der Waals surface area contributed by atoms with Crippen LogP contribution in [0.2, 0.25) is 0 Å². The zero-order valence-electron chi connectivity index (χ0n) is 10.6. The first kappa shape index (κ1) is 12.2. The Bertz CT molecular complexity index is 360. The maximum Gasteiger partial charge on any atom is 0.223 e. The third-order valence-corrected chi connectivity index (χ3v) is 3.54. The van der Waals surface area contributed by atoms with Gasteiger partial charge in [-0.2, -0.15) is 0 Å². The smallest absolute Gasteiger partial charge is 0.223 e. The number of hydrogen-bond acceptors (Lipinski definition) is 1. The lowest BCUT2D eigenvalue weighted by atomic mass is 10.1. The van der Waals surface area contributed by atoms with E-state index in [-0.39, 0.29) is 0 Å². The first-order chi connectivity index (χ1) is 8.31. The topological polar surface area (TPSA) is 20.3 Å². The molecule has 1 amide bonds. The van der Waals surface area contributed by atoms with Crippen molar-refractivity contribution < 1.29 is 4.79 Å². The molecule has 2 nitrogen and oxygen atoms in total. The van der Waals surface area contributed by atoms with E-state index in [0.717, 1.165) is 25.8 Å². The van der Waals surface area contributed by atoms with Crippen molar-refractivity contribution in [1.82, 2.24) is 4.90 Å². The van der Waals surface area contributed by atoms with Gasteiger partial charge in [-0.3, -0.25) is 4.79 Å². The molecule has 1 aliphatic rings. The van der Waals surface area contributed by atoms with Gasteiger partial charge in [0.2, 0.25) is 5.91 Å². The van der Waals surface area contributed by atoms with Crippen molar-refractivity contribution in [3.05, 3.63) is 35.9 Å². The van der Waals surface area contributed by atoms with E-state index < -0.39 is 0 Å². The van der Waals surface area contributed by atoms with Crippen LogP contribution in [0.4, 0.5) is 0 Å². The fraction of sp³-hybridized carbons (Fsp3) is 0.533. The molecule has 1 unspecified atom stereocenters. The lowest BCUT2D eigenvalue weighted by Crippen LogP contribution is -2.32. The molecule has 1 aromatic carbocycles. The van der Waals surface area contributed by atoms with Gasteiger partial charge < -0.3 is 4.90 Å². The molecule has 2 rings (SSSR count). The van der Waals surface area contributed by atoms with Crippen molar-refractivity contribution in [2.24, 2.45) is 0 Å². The summed E-state index contributed by atoms with van der Waals surface area (Å²) in [7, 11) is 0. The molecule has 0 N–H and O–H groups in total. The molecular weight excluding hydrogens is 210 g/mol. The van der Waals surface area contributed by atoms with E-state index in [1.807, 2.05) is 18.2 Å². The van der Waals surface area contributed by atoms with E-state index in [9.17, 15) is 4.79 Å². The average Bonchev–Trinajstić information content (AvgIpc) is 2.70. The molecular formula is C15H21NO. The molecule has 1 heterocycles. The van der Waals surface area contributed by atoms with Gasteiger partial charge in [0.1, 0.15) is 0 Å². The Labute approximate surface area is 104 Å². The SMILES string of the molecule is CCCCC1CCC(=O)N1Cc1ccccc1. The van der Waals surface area contributed by atoms with Gasteiger partial charge in [0, 0.05) is 19.0 Å². The minimum absolute atomic E-state index is 0.329. The number of carbonyl (C=O) groups is 1. The highest BCUT2D eigenvalue weighted by Gasteiger charge is 2.29. The second-order valence-electron chi connectivity index (χ2n) is 4.84. The Kier molecular flexibility index (Phi) is 4.18. The summed E-state index contributed by atoms with van der Waals surface area (Å²) < 4.78 is 0. The number of carbonyl (C=O) groups excluding carboxylic acids is 1. The third-order valence-electron chi connectivity index (χ3n) is 3.54. The van der Waals surface area contributed by atoms with Crippen LogP contribution in [-0.2, 0) is 11.3 Å². The van der Waals surface area contributed by atoms with Gasteiger partial charge in [0.15, 0.2) is 0 Å². The number of likely N-dealkylation sites (tertiary alicyclic amines) is 1. The summed E-state index contributed by atoms with van der Waals surface area (Å²) >= 11 is 0. The van der Waals surface area contributed by atoms with Crippen molar-refractivity contribution >= 4 is 5.91 Å². The molecule has 17 heavy (non-hydrogen) atoms. The van der Waals surface area contributed by atoms with Crippen LogP contribution in [0.25, 0.3) is 0 Å². The normalized spacial score (nSPS) is 19.9. The van der Waals surface area contributed by atoms with Gasteiger partial charge in [0.05, 0.1) is 0 Å². The summed E-state index contributed by atoms with van der Waals surface area (Å²) in [6.07, 6.45) is 5.38. The quantitative estimate of drug-likeness (QED) is 0.761. The van der Waals surface area contributed by atoms with Crippen molar-refractivity contribution in [3.8, 4) is 0 Å². The Morgan fingerprint density at radius 2 is 2.06 bits per heavy atom. The van der Waals surface area contributed by atoms with E-state index in [0.29, 0.717) is 11.9 Å². The van der Waals surface area contributed by atoms with Crippen LogP contribution in [-0.4, -0.2) is 16.8 Å². The molecule has 0 radical (unpaired) electrons. The lowest BCUT2D eigenvalue weighted by Gasteiger charge is -2.24. The van der Waals surface area contributed by atoms with Crippen molar-refractivity contribution in [2.75, 3.05) is 0 Å². The van der Waals surface area contributed by atoms with Crippen LogP contribution < -0.4 is 0 Å². The summed E-state index contributed by atoms with van der Waals surface area (Å²) in [6.45, 7) is 2.99. The molecule has 0 spiro atoms. The van der Waals surface area contributed by atoms with Gasteiger partial charge >= 0.3 is 0 Å². The van der Waals surface area contributed by atoms with Crippen molar-refractivity contribution in [3.63, 3.8) is 0 Å². The molecule has 92 valence electrons. The van der Waals surface area contributed by atoms with Crippen LogP contribution >= 0.6 is 0 Å². The number of hydrogen-bond donors (Lipinski definition) is 0. The van der Waals surface area contributed by atoms with E-state index in [4.69, 9.17) is 0 Å². The maximum atomic E-state index is 11.9. The third kappa shape index (κ3) is 3.09. The monoisotopic (exact) mass is 231 g/mol. The number of unbranched alkanes of at least 4 members (excludes halogenated alkanes) is 1. The van der Waals surface area contributed by atoms with Crippen LogP contribution in [0.1, 0.15) is 44.6 Å². The van der Waals surface area contributed by atoms with Crippen molar-refractivity contribution in [2.45, 2.75) is 51.6 Å². The minimum atomic E-state index is 0.329. The number of benzene rings is 1. The highest BCUT2D eigenvalue weighted by atomic mass is 16.2. The summed E-state index contributed by atoms with van der Waals surface area (Å²) in [6, 6.07) is 10.8. The molecule has 0 bridgehead atoms. The van der Waals surface area contributed by atoms with E-state index in [1.165, 1.54) is 18.4 Å². The molecule has 1 fully saturated rings. The highest BCUT2D eigenvalue weighted by Crippen LogP contribution is 2.25. The van der Waals surface area contributed by atoms with Gasteiger partial charge in [-0.1, -0.05) is 50.1 Å². The maximum absolute atomic E-state index is 11.9. The molecule has 2 heteroatoms. The van der Waals surface area contributed by atoms with E-state index in [1.54, 1.807) is 0 Å².